The summed E-state index contributed by atoms with van der Waals surface area (Å²) in [7, 11) is 0. The zero-order valence-corrected chi connectivity index (χ0v) is 13.7. The fourth-order valence-corrected chi connectivity index (χ4v) is 2.74. The lowest BCUT2D eigenvalue weighted by molar-refractivity contribution is 0.628. The van der Waals surface area contributed by atoms with E-state index in [2.05, 4.69) is 35.1 Å². The summed E-state index contributed by atoms with van der Waals surface area (Å²) in [5.41, 5.74) is 1.72. The van der Waals surface area contributed by atoms with Crippen LogP contribution in [0.2, 0.25) is 0 Å². The van der Waals surface area contributed by atoms with Crippen LogP contribution in [0.3, 0.4) is 0 Å². The van der Waals surface area contributed by atoms with Crippen LogP contribution in [-0.2, 0) is 0 Å². The van der Waals surface area contributed by atoms with Gasteiger partial charge in [0.2, 0.25) is 0 Å². The number of halogens is 1. The summed E-state index contributed by atoms with van der Waals surface area (Å²) in [5, 5.41) is 3.40. The highest BCUT2D eigenvalue weighted by molar-refractivity contribution is 5.58. The van der Waals surface area contributed by atoms with Crippen molar-refractivity contribution in [2.45, 2.75) is 26.2 Å². The summed E-state index contributed by atoms with van der Waals surface area (Å²) in [6.07, 6.45) is 1.09. The van der Waals surface area contributed by atoms with Gasteiger partial charge in [0.25, 0.3) is 0 Å². The molecule has 2 aromatic rings. The van der Waals surface area contributed by atoms with Gasteiger partial charge in [-0.2, -0.15) is 0 Å². The molecule has 1 aliphatic heterocycles. The molecule has 1 saturated heterocycles. The average molecular weight is 314 g/mol. The van der Waals surface area contributed by atoms with Gasteiger partial charge in [0.05, 0.1) is 0 Å². The summed E-state index contributed by atoms with van der Waals surface area (Å²) in [6.45, 7) is 8.13. The summed E-state index contributed by atoms with van der Waals surface area (Å²) in [5.74, 6) is 1.57. The highest BCUT2D eigenvalue weighted by atomic mass is 19.1. The van der Waals surface area contributed by atoms with Gasteiger partial charge in [-0.05, 0) is 31.0 Å². The molecule has 1 N–H and O–H groups in total. The summed E-state index contributed by atoms with van der Waals surface area (Å²) in [4.78, 5) is 11.6. The van der Waals surface area contributed by atoms with Crippen LogP contribution < -0.4 is 10.2 Å². The Morgan fingerprint density at radius 2 is 2.00 bits per heavy atom. The molecule has 0 atom stereocenters. The minimum Gasteiger partial charge on any atom is -0.355 e. The molecule has 0 amide bonds. The van der Waals surface area contributed by atoms with Crippen molar-refractivity contribution in [3.8, 4) is 11.4 Å². The zero-order chi connectivity index (χ0) is 16.2. The molecule has 23 heavy (non-hydrogen) atoms. The Labute approximate surface area is 136 Å². The lowest BCUT2D eigenvalue weighted by Gasteiger charge is -2.22. The number of nitrogens with one attached hydrogen (secondary N) is 1. The van der Waals surface area contributed by atoms with Crippen LogP contribution in [0.4, 0.5) is 10.2 Å². The normalized spacial score (nSPS) is 15.7. The third-order valence-electron chi connectivity index (χ3n) is 4.07. The van der Waals surface area contributed by atoms with E-state index in [4.69, 9.17) is 4.98 Å². The smallest absolute Gasteiger partial charge is 0.161 e. The van der Waals surface area contributed by atoms with Crippen LogP contribution in [0.5, 0.6) is 0 Å². The number of aromatic nitrogens is 2. The summed E-state index contributed by atoms with van der Waals surface area (Å²) in [6, 6.07) is 8.56. The first kappa shape index (κ1) is 15.9. The molecular formula is C18H23FN4. The molecule has 2 heterocycles. The number of benzene rings is 1. The molecule has 0 spiro atoms. The molecule has 1 fully saturated rings. The van der Waals surface area contributed by atoms with E-state index in [1.54, 1.807) is 6.07 Å². The Balaban J connectivity index is 2.02. The van der Waals surface area contributed by atoms with Gasteiger partial charge < -0.3 is 10.2 Å². The average Bonchev–Trinajstić information content (AvgIpc) is 2.83. The van der Waals surface area contributed by atoms with E-state index in [1.165, 1.54) is 12.1 Å². The largest absolute Gasteiger partial charge is 0.355 e. The van der Waals surface area contributed by atoms with E-state index in [0.717, 1.165) is 49.7 Å². The van der Waals surface area contributed by atoms with Crippen molar-refractivity contribution >= 4 is 5.82 Å². The lowest BCUT2D eigenvalue weighted by Crippen LogP contribution is -2.29. The second kappa shape index (κ2) is 7.04. The van der Waals surface area contributed by atoms with Crippen molar-refractivity contribution in [1.29, 1.82) is 0 Å². The van der Waals surface area contributed by atoms with Crippen molar-refractivity contribution in [1.82, 2.24) is 15.3 Å². The van der Waals surface area contributed by atoms with Crippen LogP contribution in [0.25, 0.3) is 11.4 Å². The molecule has 0 saturated carbocycles. The van der Waals surface area contributed by atoms with Crippen molar-refractivity contribution in [3.05, 3.63) is 41.8 Å². The highest BCUT2D eigenvalue weighted by Crippen LogP contribution is 2.24. The molecule has 4 nitrogen and oxygen atoms in total. The van der Waals surface area contributed by atoms with Crippen molar-refractivity contribution in [2.24, 2.45) is 0 Å². The van der Waals surface area contributed by atoms with Crippen LogP contribution in [0.15, 0.2) is 30.3 Å². The fourth-order valence-electron chi connectivity index (χ4n) is 2.74. The first-order valence-corrected chi connectivity index (χ1v) is 8.24. The molecule has 1 aliphatic rings. The van der Waals surface area contributed by atoms with E-state index in [0.29, 0.717) is 11.7 Å². The minimum atomic E-state index is -0.262. The van der Waals surface area contributed by atoms with E-state index >= 15 is 0 Å². The second-order valence-electron chi connectivity index (χ2n) is 6.23. The van der Waals surface area contributed by atoms with Gasteiger partial charge in [0, 0.05) is 37.0 Å². The van der Waals surface area contributed by atoms with Crippen LogP contribution in [0, 0.1) is 5.82 Å². The van der Waals surface area contributed by atoms with E-state index in [1.807, 2.05) is 6.07 Å². The number of hydrogen-bond donors (Lipinski definition) is 1. The summed E-state index contributed by atoms with van der Waals surface area (Å²) < 4.78 is 13.5. The van der Waals surface area contributed by atoms with Crippen molar-refractivity contribution in [3.63, 3.8) is 0 Å². The highest BCUT2D eigenvalue weighted by Gasteiger charge is 2.16. The minimum absolute atomic E-state index is 0.262. The first-order chi connectivity index (χ1) is 11.1. The van der Waals surface area contributed by atoms with Crippen LogP contribution in [0.1, 0.15) is 31.9 Å². The van der Waals surface area contributed by atoms with Crippen LogP contribution >= 0.6 is 0 Å². The van der Waals surface area contributed by atoms with Crippen molar-refractivity contribution < 1.29 is 4.39 Å². The predicted octanol–water partition coefficient (Wildman–Crippen LogP) is 3.21. The Kier molecular flexibility index (Phi) is 4.86. The fraction of sp³-hybridized carbons (Fsp3) is 0.444. The number of nitrogens with zero attached hydrogens (tertiary/aromatic N) is 3. The zero-order valence-electron chi connectivity index (χ0n) is 13.7. The van der Waals surface area contributed by atoms with Gasteiger partial charge >= 0.3 is 0 Å². The van der Waals surface area contributed by atoms with Crippen LogP contribution in [-0.4, -0.2) is 36.1 Å². The first-order valence-electron chi connectivity index (χ1n) is 8.24. The topological polar surface area (TPSA) is 41.0 Å². The predicted molar refractivity (Wildman–Crippen MR) is 91.2 cm³/mol. The molecular weight excluding hydrogens is 291 g/mol. The summed E-state index contributed by atoms with van der Waals surface area (Å²) >= 11 is 0. The SMILES string of the molecule is CC(C)c1cc(N2CCCNCC2)nc(-c2cccc(F)c2)n1. The van der Waals surface area contributed by atoms with E-state index in [9.17, 15) is 4.39 Å². The molecule has 5 heteroatoms. The molecule has 122 valence electrons. The van der Waals surface area contributed by atoms with Gasteiger partial charge in [0.1, 0.15) is 11.6 Å². The number of rotatable bonds is 3. The quantitative estimate of drug-likeness (QED) is 0.944. The van der Waals surface area contributed by atoms with Gasteiger partial charge in [-0.15, -0.1) is 0 Å². The van der Waals surface area contributed by atoms with Gasteiger partial charge in [0.15, 0.2) is 5.82 Å². The Morgan fingerprint density at radius 3 is 2.78 bits per heavy atom. The van der Waals surface area contributed by atoms with E-state index in [-0.39, 0.29) is 5.82 Å². The maximum absolute atomic E-state index is 13.5. The third-order valence-corrected chi connectivity index (χ3v) is 4.07. The van der Waals surface area contributed by atoms with Gasteiger partial charge in [-0.25, -0.2) is 14.4 Å². The maximum atomic E-state index is 13.5. The molecule has 1 aromatic carbocycles. The number of hydrogen-bond acceptors (Lipinski definition) is 4. The molecule has 0 unspecified atom stereocenters. The second-order valence-corrected chi connectivity index (χ2v) is 6.23. The molecule has 0 aliphatic carbocycles. The standard InChI is InChI=1S/C18H23FN4/c1-13(2)16-12-17(23-9-4-7-20-8-10-23)22-18(21-16)14-5-3-6-15(19)11-14/h3,5-6,11-13,20H,4,7-10H2,1-2H3. The Morgan fingerprint density at radius 1 is 1.13 bits per heavy atom. The molecule has 0 bridgehead atoms. The van der Waals surface area contributed by atoms with Gasteiger partial charge in [-0.1, -0.05) is 26.0 Å². The Bertz CT molecular complexity index is 664. The number of anilines is 1. The third kappa shape index (κ3) is 3.85. The molecule has 0 radical (unpaired) electrons. The Hall–Kier alpha value is -2.01. The monoisotopic (exact) mass is 314 g/mol. The van der Waals surface area contributed by atoms with E-state index < -0.39 is 0 Å². The maximum Gasteiger partial charge on any atom is 0.161 e. The molecule has 1 aromatic heterocycles. The lowest BCUT2D eigenvalue weighted by atomic mass is 10.1. The molecule has 3 rings (SSSR count). The van der Waals surface area contributed by atoms with Crippen molar-refractivity contribution in [2.75, 3.05) is 31.1 Å². The van der Waals surface area contributed by atoms with Gasteiger partial charge in [-0.3, -0.25) is 0 Å².